The molecule has 0 aliphatic rings. The summed E-state index contributed by atoms with van der Waals surface area (Å²) in [6.45, 7) is 0.0933. The van der Waals surface area contributed by atoms with Crippen molar-refractivity contribution in [3.8, 4) is 0 Å². The number of rotatable bonds is 6. The van der Waals surface area contributed by atoms with E-state index in [1.165, 1.54) is 7.11 Å². The Morgan fingerprint density at radius 3 is 2.46 bits per heavy atom. The fourth-order valence-corrected chi connectivity index (χ4v) is 3.20. The number of esters is 2. The molecule has 26 heavy (non-hydrogen) atoms. The van der Waals surface area contributed by atoms with Crippen molar-refractivity contribution < 1.29 is 23.5 Å². The van der Waals surface area contributed by atoms with Crippen LogP contribution in [0.25, 0.3) is 11.0 Å². The van der Waals surface area contributed by atoms with Gasteiger partial charge in [0.05, 0.1) is 12.7 Å². The first-order valence-corrected chi connectivity index (χ1v) is 9.37. The molecule has 0 N–H and O–H groups in total. The van der Waals surface area contributed by atoms with Crippen LogP contribution in [0.2, 0.25) is 0 Å². The Balaban J connectivity index is 1.75. The van der Waals surface area contributed by atoms with Crippen LogP contribution in [0.1, 0.15) is 32.0 Å². The Labute approximate surface area is 155 Å². The summed E-state index contributed by atoms with van der Waals surface area (Å²) in [5, 5.41) is 0.927. The minimum atomic E-state index is -0.498. The molecular formula is C20H18O5S. The van der Waals surface area contributed by atoms with Gasteiger partial charge in [0.25, 0.3) is 0 Å². The largest absolute Gasteiger partial charge is 0.465 e. The molecule has 0 unspecified atom stereocenters. The number of fused-ring (bicyclic) bond motifs is 1. The molecule has 0 saturated heterocycles. The highest BCUT2D eigenvalue weighted by atomic mass is 32.2. The van der Waals surface area contributed by atoms with Crippen molar-refractivity contribution in [3.63, 3.8) is 0 Å². The van der Waals surface area contributed by atoms with Gasteiger partial charge in [-0.05, 0) is 30.0 Å². The summed E-state index contributed by atoms with van der Waals surface area (Å²) in [6, 6.07) is 14.3. The van der Waals surface area contributed by atoms with E-state index in [1.54, 1.807) is 36.0 Å². The molecule has 0 saturated carbocycles. The van der Waals surface area contributed by atoms with Crippen LogP contribution in [-0.2, 0) is 21.8 Å². The van der Waals surface area contributed by atoms with Crippen molar-refractivity contribution in [2.75, 3.05) is 13.4 Å². The zero-order chi connectivity index (χ0) is 18.5. The van der Waals surface area contributed by atoms with Crippen LogP contribution in [-0.4, -0.2) is 25.3 Å². The number of para-hydroxylation sites is 1. The number of hydrogen-bond acceptors (Lipinski definition) is 6. The Morgan fingerprint density at radius 2 is 1.77 bits per heavy atom. The summed E-state index contributed by atoms with van der Waals surface area (Å²) in [5.74, 6) is 0.00138. The van der Waals surface area contributed by atoms with Gasteiger partial charge in [0.15, 0.2) is 0 Å². The molecule has 6 heteroatoms. The second-order valence-corrected chi connectivity index (χ2v) is 6.47. The molecule has 0 atom stereocenters. The van der Waals surface area contributed by atoms with Crippen LogP contribution in [0.3, 0.4) is 0 Å². The van der Waals surface area contributed by atoms with Gasteiger partial charge in [-0.25, -0.2) is 9.59 Å². The maximum absolute atomic E-state index is 12.5. The molecule has 3 rings (SSSR count). The van der Waals surface area contributed by atoms with Crippen molar-refractivity contribution in [2.45, 2.75) is 12.4 Å². The second-order valence-electron chi connectivity index (χ2n) is 5.60. The third kappa shape index (κ3) is 3.75. The van der Waals surface area contributed by atoms with Gasteiger partial charge in [-0.1, -0.05) is 30.3 Å². The smallest absolute Gasteiger partial charge is 0.374 e. The number of furan rings is 1. The molecule has 5 nitrogen and oxygen atoms in total. The first kappa shape index (κ1) is 18.1. The molecule has 134 valence electrons. The lowest BCUT2D eigenvalue weighted by Gasteiger charge is -2.06. The first-order chi connectivity index (χ1) is 12.6. The van der Waals surface area contributed by atoms with Crippen LogP contribution in [0, 0.1) is 0 Å². The van der Waals surface area contributed by atoms with Gasteiger partial charge >= 0.3 is 11.9 Å². The third-order valence-corrected chi connectivity index (χ3v) is 4.49. The van der Waals surface area contributed by atoms with Gasteiger partial charge in [-0.3, -0.25) is 0 Å². The van der Waals surface area contributed by atoms with Gasteiger partial charge in [-0.2, -0.15) is 11.8 Å². The minimum Gasteiger partial charge on any atom is -0.465 e. The third-order valence-electron chi connectivity index (χ3n) is 3.92. The molecular weight excluding hydrogens is 352 g/mol. The zero-order valence-corrected chi connectivity index (χ0v) is 15.3. The molecule has 1 aromatic heterocycles. The van der Waals surface area contributed by atoms with Crippen LogP contribution in [0.15, 0.2) is 52.9 Å². The van der Waals surface area contributed by atoms with E-state index in [9.17, 15) is 9.59 Å². The monoisotopic (exact) mass is 370 g/mol. The van der Waals surface area contributed by atoms with Crippen molar-refractivity contribution in [2.24, 2.45) is 0 Å². The number of methoxy groups -OCH3 is 1. The van der Waals surface area contributed by atoms with Gasteiger partial charge in [0.1, 0.15) is 12.2 Å². The fraction of sp³-hybridized carbons (Fsp3) is 0.200. The van der Waals surface area contributed by atoms with Crippen LogP contribution in [0.5, 0.6) is 0 Å². The van der Waals surface area contributed by atoms with Crippen molar-refractivity contribution in [3.05, 3.63) is 71.0 Å². The number of carbonyl (C=O) groups is 2. The number of benzene rings is 2. The predicted molar refractivity (Wildman–Crippen MR) is 100 cm³/mol. The maximum atomic E-state index is 12.5. The van der Waals surface area contributed by atoms with E-state index in [1.807, 2.05) is 30.5 Å². The number of carbonyl (C=O) groups excluding carboxylic acids is 2. The molecule has 0 radical (unpaired) electrons. The Bertz CT molecular complexity index is 927. The number of thioether (sulfide) groups is 1. The van der Waals surface area contributed by atoms with E-state index in [2.05, 4.69) is 4.74 Å². The topological polar surface area (TPSA) is 65.7 Å². The van der Waals surface area contributed by atoms with Crippen molar-refractivity contribution in [1.29, 1.82) is 0 Å². The molecule has 0 aliphatic heterocycles. The molecule has 0 spiro atoms. The Morgan fingerprint density at radius 1 is 1.04 bits per heavy atom. The van der Waals surface area contributed by atoms with Crippen molar-refractivity contribution in [1.82, 2.24) is 0 Å². The summed E-state index contributed by atoms with van der Waals surface area (Å²) in [6.07, 6.45) is 1.97. The molecule has 3 aromatic rings. The van der Waals surface area contributed by atoms with E-state index in [-0.39, 0.29) is 12.4 Å². The number of hydrogen-bond donors (Lipinski definition) is 0. The normalized spacial score (nSPS) is 10.7. The standard InChI is InChI=1S/C20H18O5S/c1-23-19(21)14-9-7-13(8-10-14)11-24-20(22)18-16(12-26-2)15-5-3-4-6-17(15)25-18/h3-10H,11-12H2,1-2H3. The summed E-state index contributed by atoms with van der Waals surface area (Å²) >= 11 is 1.62. The molecule has 0 fully saturated rings. The van der Waals surface area contributed by atoms with E-state index >= 15 is 0 Å². The van der Waals surface area contributed by atoms with Crippen molar-refractivity contribution >= 4 is 34.7 Å². The highest BCUT2D eigenvalue weighted by Gasteiger charge is 2.21. The molecule has 1 heterocycles. The molecule has 0 aliphatic carbocycles. The molecule has 0 amide bonds. The predicted octanol–water partition coefficient (Wildman–Crippen LogP) is 4.44. The highest BCUT2D eigenvalue weighted by molar-refractivity contribution is 7.97. The van der Waals surface area contributed by atoms with Gasteiger partial charge in [0, 0.05) is 16.7 Å². The number of ether oxygens (including phenoxy) is 2. The average Bonchev–Trinajstić information content (AvgIpc) is 3.05. The van der Waals surface area contributed by atoms with Gasteiger partial charge in [-0.15, -0.1) is 0 Å². The van der Waals surface area contributed by atoms with Crippen LogP contribution in [0.4, 0.5) is 0 Å². The maximum Gasteiger partial charge on any atom is 0.374 e. The quantitative estimate of drug-likeness (QED) is 0.598. The van der Waals surface area contributed by atoms with E-state index in [0.29, 0.717) is 16.9 Å². The van der Waals surface area contributed by atoms with Crippen LogP contribution >= 0.6 is 11.8 Å². The van der Waals surface area contributed by atoms with Gasteiger partial charge in [0.2, 0.25) is 5.76 Å². The molecule has 2 aromatic carbocycles. The minimum absolute atomic E-state index is 0.0933. The van der Waals surface area contributed by atoms with E-state index in [4.69, 9.17) is 9.15 Å². The molecule has 0 bridgehead atoms. The zero-order valence-electron chi connectivity index (χ0n) is 14.5. The highest BCUT2D eigenvalue weighted by Crippen LogP contribution is 2.29. The average molecular weight is 370 g/mol. The summed E-state index contributed by atoms with van der Waals surface area (Å²) < 4.78 is 15.8. The lowest BCUT2D eigenvalue weighted by Crippen LogP contribution is -2.07. The first-order valence-electron chi connectivity index (χ1n) is 7.97. The van der Waals surface area contributed by atoms with E-state index in [0.717, 1.165) is 16.5 Å². The Hall–Kier alpha value is -2.73. The van der Waals surface area contributed by atoms with Gasteiger partial charge < -0.3 is 13.9 Å². The summed E-state index contributed by atoms with van der Waals surface area (Å²) in [4.78, 5) is 23.9. The van der Waals surface area contributed by atoms with E-state index < -0.39 is 11.9 Å². The van der Waals surface area contributed by atoms with Crippen LogP contribution < -0.4 is 0 Å². The lowest BCUT2D eigenvalue weighted by atomic mass is 10.1. The lowest BCUT2D eigenvalue weighted by molar-refractivity contribution is 0.0436. The Kier molecular flexibility index (Phi) is 5.63. The SMILES string of the molecule is COC(=O)c1ccc(COC(=O)c2oc3ccccc3c2CSC)cc1. The second kappa shape index (κ2) is 8.10. The summed E-state index contributed by atoms with van der Waals surface area (Å²) in [7, 11) is 1.33. The fourth-order valence-electron chi connectivity index (χ4n) is 2.62. The summed E-state index contributed by atoms with van der Waals surface area (Å²) in [5.41, 5.74) is 2.74.